The first-order chi connectivity index (χ1) is 9.06. The van der Waals surface area contributed by atoms with Gasteiger partial charge in [-0.3, -0.25) is 0 Å². The smallest absolute Gasteiger partial charge is 0.207 e. The summed E-state index contributed by atoms with van der Waals surface area (Å²) in [6.45, 7) is 0. The van der Waals surface area contributed by atoms with Crippen molar-refractivity contribution in [3.63, 3.8) is 0 Å². The molecule has 5 heteroatoms. The number of halogens is 1. The van der Waals surface area contributed by atoms with Crippen LogP contribution in [0.3, 0.4) is 0 Å². The summed E-state index contributed by atoms with van der Waals surface area (Å²) in [6, 6.07) is 7.12. The molecule has 3 aliphatic rings. The third kappa shape index (κ3) is 1.89. The van der Waals surface area contributed by atoms with Gasteiger partial charge in [0.15, 0.2) is 0 Å². The van der Waals surface area contributed by atoms with Gasteiger partial charge in [-0.1, -0.05) is 22.0 Å². The minimum Gasteiger partial charge on any atom is -0.207 e. The van der Waals surface area contributed by atoms with Crippen molar-refractivity contribution in [1.29, 1.82) is 0 Å². The molecule has 3 fully saturated rings. The highest BCUT2D eigenvalue weighted by molar-refractivity contribution is 9.10. The topological polar surface area (TPSA) is 46.2 Å². The minimum absolute atomic E-state index is 0.204. The monoisotopic (exact) mass is 341 g/mol. The van der Waals surface area contributed by atoms with Crippen LogP contribution >= 0.6 is 15.9 Å². The van der Waals surface area contributed by atoms with Crippen molar-refractivity contribution in [2.75, 3.05) is 0 Å². The highest BCUT2D eigenvalue weighted by Crippen LogP contribution is 2.65. The highest BCUT2D eigenvalue weighted by Gasteiger charge is 2.65. The molecule has 0 heterocycles. The fraction of sp³-hybridized carbons (Fsp3) is 0.571. The lowest BCUT2D eigenvalue weighted by atomic mass is 10.0. The zero-order valence-corrected chi connectivity index (χ0v) is 12.8. The van der Waals surface area contributed by atoms with Gasteiger partial charge >= 0.3 is 0 Å². The second kappa shape index (κ2) is 4.06. The molecule has 0 radical (unpaired) electrons. The average molecular weight is 342 g/mol. The zero-order valence-electron chi connectivity index (χ0n) is 10.4. The van der Waals surface area contributed by atoms with E-state index in [1.807, 2.05) is 6.07 Å². The summed E-state index contributed by atoms with van der Waals surface area (Å²) in [6.07, 6.45) is 3.95. The van der Waals surface area contributed by atoms with Crippen molar-refractivity contribution >= 4 is 26.0 Å². The zero-order chi connectivity index (χ0) is 13.2. The van der Waals surface area contributed by atoms with E-state index in [4.69, 9.17) is 0 Å². The van der Waals surface area contributed by atoms with Crippen LogP contribution in [0.15, 0.2) is 33.6 Å². The van der Waals surface area contributed by atoms with Crippen LogP contribution in [-0.2, 0) is 10.0 Å². The predicted molar refractivity (Wildman–Crippen MR) is 76.1 cm³/mol. The summed E-state index contributed by atoms with van der Waals surface area (Å²) in [5, 5.41) is 0. The van der Waals surface area contributed by atoms with Gasteiger partial charge in [-0.25, -0.2) is 13.1 Å². The van der Waals surface area contributed by atoms with E-state index in [1.54, 1.807) is 18.2 Å². The third-order valence-electron chi connectivity index (χ3n) is 5.13. The standard InChI is InChI=1S/C14H16BrNO2S/c15-10-2-1-3-11(7-10)19(17,18)16-14-12-8-4-5-9(6-8)13(12)14/h1-3,7-9,12-14,16H,4-6H2. The molecule has 3 aliphatic carbocycles. The Morgan fingerprint density at radius 2 is 1.84 bits per heavy atom. The lowest BCUT2D eigenvalue weighted by Gasteiger charge is -2.11. The van der Waals surface area contributed by atoms with Crippen molar-refractivity contribution in [2.24, 2.45) is 23.7 Å². The lowest BCUT2D eigenvalue weighted by molar-refractivity contribution is 0.456. The predicted octanol–water partition coefficient (Wildman–Crippen LogP) is 2.77. The number of nitrogens with one attached hydrogen (secondary N) is 1. The van der Waals surface area contributed by atoms with Crippen LogP contribution < -0.4 is 4.72 Å². The Balaban J connectivity index is 1.55. The van der Waals surface area contributed by atoms with Crippen molar-refractivity contribution in [3.8, 4) is 0 Å². The Morgan fingerprint density at radius 3 is 2.47 bits per heavy atom. The molecule has 1 aromatic rings. The number of rotatable bonds is 3. The van der Waals surface area contributed by atoms with E-state index in [2.05, 4.69) is 20.7 Å². The number of hydrogen-bond donors (Lipinski definition) is 1. The van der Waals surface area contributed by atoms with Crippen molar-refractivity contribution in [3.05, 3.63) is 28.7 Å². The van der Waals surface area contributed by atoms with Crippen LogP contribution in [-0.4, -0.2) is 14.5 Å². The molecule has 0 aromatic heterocycles. The molecule has 0 amide bonds. The lowest BCUT2D eigenvalue weighted by Crippen LogP contribution is -2.30. The fourth-order valence-corrected chi connectivity index (χ4v) is 6.26. The number of sulfonamides is 1. The number of benzene rings is 1. The third-order valence-corrected chi connectivity index (χ3v) is 7.08. The van der Waals surface area contributed by atoms with Gasteiger partial charge in [0.05, 0.1) is 4.90 Å². The van der Waals surface area contributed by atoms with Crippen LogP contribution in [0.25, 0.3) is 0 Å². The van der Waals surface area contributed by atoms with Gasteiger partial charge in [0, 0.05) is 10.5 Å². The molecule has 4 atom stereocenters. The SMILES string of the molecule is O=S(=O)(NC1C2C3CCC(C3)C12)c1cccc(Br)c1. The van der Waals surface area contributed by atoms with Crippen LogP contribution in [0.2, 0.25) is 0 Å². The summed E-state index contributed by atoms with van der Waals surface area (Å²) in [7, 11) is -3.36. The Labute approximate surface area is 122 Å². The molecule has 0 spiro atoms. The number of fused-ring (bicyclic) bond motifs is 5. The molecule has 4 unspecified atom stereocenters. The Hall–Kier alpha value is -0.390. The molecule has 3 saturated carbocycles. The Bertz CT molecular complexity index is 614. The first-order valence-electron chi connectivity index (χ1n) is 6.84. The Morgan fingerprint density at radius 1 is 1.16 bits per heavy atom. The Kier molecular flexibility index (Phi) is 2.64. The van der Waals surface area contributed by atoms with Gasteiger partial charge in [-0.05, 0) is 61.1 Å². The molecule has 1 aromatic carbocycles. The summed E-state index contributed by atoms with van der Waals surface area (Å²) < 4.78 is 28.5. The van der Waals surface area contributed by atoms with Gasteiger partial charge in [0.1, 0.15) is 0 Å². The van der Waals surface area contributed by atoms with Crippen LogP contribution in [0.5, 0.6) is 0 Å². The molecular formula is C14H16BrNO2S. The molecule has 1 N–H and O–H groups in total. The summed E-state index contributed by atoms with van der Waals surface area (Å²) >= 11 is 3.32. The molecule has 0 saturated heterocycles. The largest absolute Gasteiger partial charge is 0.240 e. The summed E-state index contributed by atoms with van der Waals surface area (Å²) in [5.41, 5.74) is 0. The first kappa shape index (κ1) is 12.4. The van der Waals surface area contributed by atoms with Crippen LogP contribution in [0.1, 0.15) is 19.3 Å². The van der Waals surface area contributed by atoms with E-state index < -0.39 is 10.0 Å². The minimum atomic E-state index is -3.36. The quantitative estimate of drug-likeness (QED) is 0.918. The average Bonchev–Trinajstić information content (AvgIpc) is 2.77. The van der Waals surface area contributed by atoms with Crippen molar-refractivity contribution in [2.45, 2.75) is 30.2 Å². The van der Waals surface area contributed by atoms with Crippen LogP contribution in [0.4, 0.5) is 0 Å². The molecule has 2 bridgehead atoms. The van der Waals surface area contributed by atoms with Gasteiger partial charge in [-0.2, -0.15) is 0 Å². The van der Waals surface area contributed by atoms with Gasteiger partial charge in [-0.15, -0.1) is 0 Å². The maximum absolute atomic E-state index is 12.4. The fourth-order valence-electron chi connectivity index (χ4n) is 4.36. The summed E-state index contributed by atoms with van der Waals surface area (Å²) in [4.78, 5) is 0.360. The molecule has 102 valence electrons. The molecular weight excluding hydrogens is 326 g/mol. The van der Waals surface area contributed by atoms with E-state index in [0.717, 1.165) is 16.3 Å². The molecule has 19 heavy (non-hydrogen) atoms. The molecule has 4 rings (SSSR count). The van der Waals surface area contributed by atoms with Crippen LogP contribution in [0, 0.1) is 23.7 Å². The van der Waals surface area contributed by atoms with E-state index in [0.29, 0.717) is 16.7 Å². The second-order valence-corrected chi connectivity index (χ2v) is 8.72. The first-order valence-corrected chi connectivity index (χ1v) is 9.12. The highest BCUT2D eigenvalue weighted by atomic mass is 79.9. The maximum atomic E-state index is 12.4. The molecule has 0 aliphatic heterocycles. The van der Waals surface area contributed by atoms with E-state index in [-0.39, 0.29) is 6.04 Å². The van der Waals surface area contributed by atoms with Gasteiger partial charge < -0.3 is 0 Å². The normalized spacial score (nSPS) is 39.3. The van der Waals surface area contributed by atoms with Crippen molar-refractivity contribution in [1.82, 2.24) is 4.72 Å². The van der Waals surface area contributed by atoms with Crippen molar-refractivity contribution < 1.29 is 8.42 Å². The van der Waals surface area contributed by atoms with E-state index in [1.165, 1.54) is 19.3 Å². The second-order valence-electron chi connectivity index (χ2n) is 6.09. The maximum Gasteiger partial charge on any atom is 0.240 e. The van der Waals surface area contributed by atoms with E-state index in [9.17, 15) is 8.42 Å². The van der Waals surface area contributed by atoms with Gasteiger partial charge in [0.25, 0.3) is 0 Å². The number of hydrogen-bond acceptors (Lipinski definition) is 2. The molecule has 3 nitrogen and oxygen atoms in total. The van der Waals surface area contributed by atoms with Gasteiger partial charge in [0.2, 0.25) is 10.0 Å². The summed E-state index contributed by atoms with van der Waals surface area (Å²) in [5.74, 6) is 2.82. The van der Waals surface area contributed by atoms with E-state index >= 15 is 0 Å².